The van der Waals surface area contributed by atoms with Crippen molar-refractivity contribution >= 4 is 17.6 Å². The molecule has 2 N–H and O–H groups in total. The Labute approximate surface area is 132 Å². The molecule has 0 saturated heterocycles. The number of carboxylic acid groups (broad SMARTS) is 1. The van der Waals surface area contributed by atoms with Crippen molar-refractivity contribution in [3.63, 3.8) is 0 Å². The molecule has 0 aliphatic rings. The zero-order chi connectivity index (χ0) is 16.5. The number of anilines is 1. The maximum atomic E-state index is 11.9. The molecule has 122 valence electrons. The summed E-state index contributed by atoms with van der Waals surface area (Å²) >= 11 is 0. The minimum absolute atomic E-state index is 0.00493. The summed E-state index contributed by atoms with van der Waals surface area (Å²) in [5.41, 5.74) is 1.71. The number of hydrogen-bond acceptors (Lipinski definition) is 2. The van der Waals surface area contributed by atoms with E-state index in [1.807, 2.05) is 6.92 Å². The van der Waals surface area contributed by atoms with Crippen molar-refractivity contribution < 1.29 is 14.7 Å². The van der Waals surface area contributed by atoms with E-state index >= 15 is 0 Å². The molecule has 0 saturated carbocycles. The third-order valence-electron chi connectivity index (χ3n) is 3.69. The SMILES string of the molecule is CCc1cc(NC(=O)CCCCCC(C)C)ccc1C(=O)O. The van der Waals surface area contributed by atoms with Crippen LogP contribution in [-0.4, -0.2) is 17.0 Å². The summed E-state index contributed by atoms with van der Waals surface area (Å²) in [6, 6.07) is 4.96. The first-order chi connectivity index (χ1) is 10.4. The highest BCUT2D eigenvalue weighted by Crippen LogP contribution is 2.17. The molecule has 1 aromatic carbocycles. The van der Waals surface area contributed by atoms with Crippen molar-refractivity contribution in [2.45, 2.75) is 59.3 Å². The summed E-state index contributed by atoms with van der Waals surface area (Å²) in [6.07, 6.45) is 5.48. The number of carbonyl (C=O) groups is 2. The average Bonchev–Trinajstić information content (AvgIpc) is 2.46. The van der Waals surface area contributed by atoms with Crippen LogP contribution in [0.15, 0.2) is 18.2 Å². The number of carboxylic acids is 1. The summed E-state index contributed by atoms with van der Waals surface area (Å²) in [5, 5.41) is 11.9. The Morgan fingerprint density at radius 3 is 2.50 bits per heavy atom. The topological polar surface area (TPSA) is 66.4 Å². The fraction of sp³-hybridized carbons (Fsp3) is 0.556. The third kappa shape index (κ3) is 6.29. The van der Waals surface area contributed by atoms with E-state index in [1.54, 1.807) is 18.2 Å². The van der Waals surface area contributed by atoms with Gasteiger partial charge in [0.2, 0.25) is 5.91 Å². The molecule has 1 amide bonds. The van der Waals surface area contributed by atoms with E-state index in [0.717, 1.165) is 24.8 Å². The number of unbranched alkanes of at least 4 members (excludes halogenated alkanes) is 2. The van der Waals surface area contributed by atoms with Gasteiger partial charge in [0.25, 0.3) is 0 Å². The molecular weight excluding hydrogens is 278 g/mol. The average molecular weight is 305 g/mol. The van der Waals surface area contributed by atoms with Crippen molar-refractivity contribution in [1.82, 2.24) is 0 Å². The molecule has 0 fully saturated rings. The second-order valence-corrected chi connectivity index (χ2v) is 6.07. The quantitative estimate of drug-likeness (QED) is 0.660. The zero-order valence-corrected chi connectivity index (χ0v) is 13.8. The first-order valence-corrected chi connectivity index (χ1v) is 8.10. The Bertz CT molecular complexity index is 509. The predicted molar refractivity (Wildman–Crippen MR) is 89.3 cm³/mol. The maximum Gasteiger partial charge on any atom is 0.335 e. The first kappa shape index (κ1) is 18.2. The van der Waals surface area contributed by atoms with Crippen LogP contribution in [0.2, 0.25) is 0 Å². The van der Waals surface area contributed by atoms with Crippen molar-refractivity contribution in [3.05, 3.63) is 29.3 Å². The molecule has 0 spiro atoms. The first-order valence-electron chi connectivity index (χ1n) is 8.10. The second-order valence-electron chi connectivity index (χ2n) is 6.07. The molecule has 1 rings (SSSR count). The minimum atomic E-state index is -0.931. The lowest BCUT2D eigenvalue weighted by Crippen LogP contribution is -2.12. The van der Waals surface area contributed by atoms with Gasteiger partial charge in [-0.25, -0.2) is 4.79 Å². The summed E-state index contributed by atoms with van der Waals surface area (Å²) in [6.45, 7) is 6.32. The maximum absolute atomic E-state index is 11.9. The molecule has 0 aliphatic carbocycles. The molecule has 0 atom stereocenters. The van der Waals surface area contributed by atoms with Crippen LogP contribution in [0, 0.1) is 5.92 Å². The van der Waals surface area contributed by atoms with Gasteiger partial charge in [-0.05, 0) is 42.5 Å². The van der Waals surface area contributed by atoms with E-state index in [-0.39, 0.29) is 5.91 Å². The summed E-state index contributed by atoms with van der Waals surface area (Å²) in [4.78, 5) is 23.0. The van der Waals surface area contributed by atoms with E-state index in [2.05, 4.69) is 19.2 Å². The van der Waals surface area contributed by atoms with Crippen LogP contribution in [-0.2, 0) is 11.2 Å². The van der Waals surface area contributed by atoms with Crippen LogP contribution in [0.5, 0.6) is 0 Å². The molecular formula is C18H27NO3. The number of carbonyl (C=O) groups excluding carboxylic acids is 1. The Morgan fingerprint density at radius 2 is 1.91 bits per heavy atom. The second kappa shape index (κ2) is 9.23. The van der Waals surface area contributed by atoms with E-state index < -0.39 is 5.97 Å². The highest BCUT2D eigenvalue weighted by Gasteiger charge is 2.10. The van der Waals surface area contributed by atoms with Gasteiger partial charge in [0, 0.05) is 12.1 Å². The van der Waals surface area contributed by atoms with Gasteiger partial charge >= 0.3 is 5.97 Å². The summed E-state index contributed by atoms with van der Waals surface area (Å²) < 4.78 is 0. The van der Waals surface area contributed by atoms with Crippen molar-refractivity contribution in [1.29, 1.82) is 0 Å². The van der Waals surface area contributed by atoms with E-state index in [9.17, 15) is 9.59 Å². The van der Waals surface area contributed by atoms with E-state index in [4.69, 9.17) is 5.11 Å². The van der Waals surface area contributed by atoms with Crippen LogP contribution in [0.1, 0.15) is 68.8 Å². The van der Waals surface area contributed by atoms with Gasteiger partial charge < -0.3 is 10.4 Å². The molecule has 4 heteroatoms. The van der Waals surface area contributed by atoms with Gasteiger partial charge in [-0.15, -0.1) is 0 Å². The summed E-state index contributed by atoms with van der Waals surface area (Å²) in [7, 11) is 0. The smallest absolute Gasteiger partial charge is 0.335 e. The molecule has 0 heterocycles. The van der Waals surface area contributed by atoms with Gasteiger partial charge in [-0.2, -0.15) is 0 Å². The van der Waals surface area contributed by atoms with Crippen LogP contribution >= 0.6 is 0 Å². The Hall–Kier alpha value is -1.84. The number of rotatable bonds is 9. The zero-order valence-electron chi connectivity index (χ0n) is 13.8. The van der Waals surface area contributed by atoms with Gasteiger partial charge in [0.05, 0.1) is 5.56 Å². The van der Waals surface area contributed by atoms with E-state index in [1.165, 1.54) is 6.42 Å². The normalized spacial score (nSPS) is 10.7. The van der Waals surface area contributed by atoms with Crippen molar-refractivity contribution in [2.75, 3.05) is 5.32 Å². The van der Waals surface area contributed by atoms with Gasteiger partial charge in [-0.3, -0.25) is 4.79 Å². The number of aromatic carboxylic acids is 1. The van der Waals surface area contributed by atoms with Crippen LogP contribution in [0.25, 0.3) is 0 Å². The lowest BCUT2D eigenvalue weighted by molar-refractivity contribution is -0.116. The summed E-state index contributed by atoms with van der Waals surface area (Å²) in [5.74, 6) is -0.219. The molecule has 1 aromatic rings. The van der Waals surface area contributed by atoms with Gasteiger partial charge in [0.1, 0.15) is 0 Å². The third-order valence-corrected chi connectivity index (χ3v) is 3.69. The Kier molecular flexibility index (Phi) is 7.64. The highest BCUT2D eigenvalue weighted by atomic mass is 16.4. The molecule has 4 nitrogen and oxygen atoms in total. The molecule has 0 aliphatic heterocycles. The van der Waals surface area contributed by atoms with Crippen molar-refractivity contribution in [2.24, 2.45) is 5.92 Å². The Balaban J connectivity index is 2.46. The van der Waals surface area contributed by atoms with Crippen LogP contribution in [0.3, 0.4) is 0 Å². The van der Waals surface area contributed by atoms with Crippen LogP contribution in [0.4, 0.5) is 5.69 Å². The fourth-order valence-corrected chi connectivity index (χ4v) is 2.41. The standard InChI is InChI=1S/C18H27NO3/c1-4-14-12-15(10-11-16(14)18(21)22)19-17(20)9-7-5-6-8-13(2)3/h10-13H,4-9H2,1-3H3,(H,19,20)(H,21,22). The number of amides is 1. The fourth-order valence-electron chi connectivity index (χ4n) is 2.41. The number of hydrogen-bond donors (Lipinski definition) is 2. The minimum Gasteiger partial charge on any atom is -0.478 e. The van der Waals surface area contributed by atoms with Crippen LogP contribution < -0.4 is 5.32 Å². The lowest BCUT2D eigenvalue weighted by atomic mass is 10.0. The van der Waals surface area contributed by atoms with Gasteiger partial charge in [0.15, 0.2) is 0 Å². The molecule has 0 bridgehead atoms. The Morgan fingerprint density at radius 1 is 1.18 bits per heavy atom. The highest BCUT2D eigenvalue weighted by molar-refractivity contribution is 5.93. The van der Waals surface area contributed by atoms with Crippen molar-refractivity contribution in [3.8, 4) is 0 Å². The lowest BCUT2D eigenvalue weighted by Gasteiger charge is -2.09. The largest absolute Gasteiger partial charge is 0.478 e. The molecule has 0 radical (unpaired) electrons. The molecule has 0 unspecified atom stereocenters. The number of aryl methyl sites for hydroxylation is 1. The molecule has 0 aromatic heterocycles. The molecule has 22 heavy (non-hydrogen) atoms. The predicted octanol–water partition coefficient (Wildman–Crippen LogP) is 4.49. The number of benzene rings is 1. The van der Waals surface area contributed by atoms with E-state index in [0.29, 0.717) is 30.0 Å². The van der Waals surface area contributed by atoms with Gasteiger partial charge in [-0.1, -0.05) is 40.0 Å². The number of nitrogens with one attached hydrogen (secondary N) is 1. The monoisotopic (exact) mass is 305 g/mol.